The van der Waals surface area contributed by atoms with E-state index in [1.165, 1.54) is 11.0 Å². The van der Waals surface area contributed by atoms with Gasteiger partial charge in [0, 0.05) is 12.3 Å². The number of pyridine rings is 1. The number of hydrogen-bond acceptors (Lipinski definition) is 5. The van der Waals surface area contributed by atoms with Gasteiger partial charge in [-0.2, -0.15) is 0 Å². The van der Waals surface area contributed by atoms with E-state index in [0.29, 0.717) is 22.1 Å². The number of aromatic nitrogens is 1. The Kier molecular flexibility index (Phi) is 4.85. The van der Waals surface area contributed by atoms with Gasteiger partial charge in [0.15, 0.2) is 0 Å². The van der Waals surface area contributed by atoms with E-state index >= 15 is 0 Å². The van der Waals surface area contributed by atoms with Crippen molar-refractivity contribution >= 4 is 28.7 Å². The molecule has 0 bridgehead atoms. The highest BCUT2D eigenvalue weighted by Crippen LogP contribution is 2.30. The van der Waals surface area contributed by atoms with Gasteiger partial charge in [0.2, 0.25) is 0 Å². The molecule has 2 heterocycles. The third kappa shape index (κ3) is 3.72. The fourth-order valence-electron chi connectivity index (χ4n) is 2.43. The normalized spacial score (nSPS) is 10.4. The average molecular weight is 353 g/mol. The van der Waals surface area contributed by atoms with Crippen LogP contribution in [0.4, 0.5) is 11.5 Å². The monoisotopic (exact) mass is 353 g/mol. The number of nitro groups is 1. The first kappa shape index (κ1) is 16.8. The molecule has 0 N–H and O–H groups in total. The highest BCUT2D eigenvalue weighted by molar-refractivity contribution is 7.14. The highest BCUT2D eigenvalue weighted by Gasteiger charge is 2.25. The molecule has 3 rings (SSSR count). The second-order valence-corrected chi connectivity index (χ2v) is 6.63. The fraction of sp³-hybridized carbons (Fsp3) is 0.111. The van der Waals surface area contributed by atoms with E-state index in [-0.39, 0.29) is 11.6 Å². The SMILES string of the molecule is Cc1sc(C(=O)N(Cc2ccccc2)c2ccccn2)cc1[N+](=O)[O-]. The minimum atomic E-state index is -0.467. The summed E-state index contributed by atoms with van der Waals surface area (Å²) >= 11 is 1.12. The first-order valence-electron chi connectivity index (χ1n) is 7.58. The van der Waals surface area contributed by atoms with E-state index in [9.17, 15) is 14.9 Å². The highest BCUT2D eigenvalue weighted by atomic mass is 32.1. The summed E-state index contributed by atoms with van der Waals surface area (Å²) in [5.74, 6) is 0.203. The van der Waals surface area contributed by atoms with Gasteiger partial charge in [0.25, 0.3) is 11.6 Å². The molecule has 0 fully saturated rings. The van der Waals surface area contributed by atoms with Crippen molar-refractivity contribution in [3.63, 3.8) is 0 Å². The number of carbonyl (C=O) groups is 1. The average Bonchev–Trinajstić information content (AvgIpc) is 3.03. The molecule has 0 unspecified atom stereocenters. The third-order valence-corrected chi connectivity index (χ3v) is 4.68. The van der Waals surface area contributed by atoms with E-state index in [0.717, 1.165) is 16.9 Å². The number of hydrogen-bond donors (Lipinski definition) is 0. The molecule has 2 aromatic heterocycles. The van der Waals surface area contributed by atoms with Crippen molar-refractivity contribution in [1.82, 2.24) is 4.98 Å². The molecule has 0 spiro atoms. The minimum absolute atomic E-state index is 0.0333. The Morgan fingerprint density at radius 3 is 2.52 bits per heavy atom. The fourth-order valence-corrected chi connectivity index (χ4v) is 3.36. The predicted molar refractivity (Wildman–Crippen MR) is 96.9 cm³/mol. The van der Waals surface area contributed by atoms with E-state index in [1.807, 2.05) is 30.3 Å². The number of rotatable bonds is 5. The number of anilines is 1. The zero-order chi connectivity index (χ0) is 17.8. The Balaban J connectivity index is 1.97. The van der Waals surface area contributed by atoms with Crippen LogP contribution in [-0.4, -0.2) is 15.8 Å². The van der Waals surface area contributed by atoms with Crippen molar-refractivity contribution in [2.24, 2.45) is 0 Å². The summed E-state index contributed by atoms with van der Waals surface area (Å²) in [6.45, 7) is 1.98. The summed E-state index contributed by atoms with van der Waals surface area (Å²) in [6.07, 6.45) is 1.61. The molecule has 0 saturated heterocycles. The Labute approximate surface area is 148 Å². The standard InChI is InChI=1S/C18H15N3O3S/c1-13-15(21(23)24)11-16(25-13)18(22)20(17-9-5-6-10-19-17)12-14-7-3-2-4-8-14/h2-11H,12H2,1H3. The molecule has 6 nitrogen and oxygen atoms in total. The smallest absolute Gasteiger partial charge is 0.283 e. The zero-order valence-corrected chi connectivity index (χ0v) is 14.3. The van der Waals surface area contributed by atoms with Gasteiger partial charge in [-0.3, -0.25) is 19.8 Å². The molecule has 0 aliphatic heterocycles. The lowest BCUT2D eigenvalue weighted by atomic mass is 10.2. The molecule has 25 heavy (non-hydrogen) atoms. The molecule has 3 aromatic rings. The van der Waals surface area contributed by atoms with Crippen LogP contribution in [0.2, 0.25) is 0 Å². The van der Waals surface area contributed by atoms with Crippen molar-refractivity contribution in [1.29, 1.82) is 0 Å². The van der Waals surface area contributed by atoms with Crippen LogP contribution in [0.15, 0.2) is 60.8 Å². The third-order valence-electron chi connectivity index (χ3n) is 3.65. The Morgan fingerprint density at radius 2 is 1.92 bits per heavy atom. The molecule has 7 heteroatoms. The van der Waals surface area contributed by atoms with Gasteiger partial charge in [-0.05, 0) is 24.6 Å². The summed E-state index contributed by atoms with van der Waals surface area (Å²) in [5, 5.41) is 11.1. The van der Waals surface area contributed by atoms with E-state index in [4.69, 9.17) is 0 Å². The van der Waals surface area contributed by atoms with Gasteiger partial charge in [-0.15, -0.1) is 11.3 Å². The topological polar surface area (TPSA) is 76.3 Å². The molecule has 1 amide bonds. The lowest BCUT2D eigenvalue weighted by Gasteiger charge is -2.21. The van der Waals surface area contributed by atoms with E-state index < -0.39 is 4.92 Å². The summed E-state index contributed by atoms with van der Waals surface area (Å²) in [5.41, 5.74) is 0.915. The van der Waals surface area contributed by atoms with Crippen LogP contribution < -0.4 is 4.90 Å². The number of amides is 1. The Bertz CT molecular complexity index is 894. The van der Waals surface area contributed by atoms with Crippen molar-refractivity contribution in [2.75, 3.05) is 4.90 Å². The number of thiophene rings is 1. The van der Waals surface area contributed by atoms with Crippen LogP contribution in [0, 0.1) is 17.0 Å². The summed E-state index contributed by atoms with van der Waals surface area (Å²) < 4.78 is 0. The maximum absolute atomic E-state index is 13.0. The van der Waals surface area contributed by atoms with E-state index in [1.54, 1.807) is 31.3 Å². The van der Waals surface area contributed by atoms with E-state index in [2.05, 4.69) is 4.98 Å². The second-order valence-electron chi connectivity index (χ2n) is 5.37. The maximum atomic E-state index is 13.0. The Hall–Kier alpha value is -3.06. The van der Waals surface area contributed by atoms with Crippen molar-refractivity contribution in [3.05, 3.63) is 86.2 Å². The van der Waals surface area contributed by atoms with Crippen molar-refractivity contribution in [3.8, 4) is 0 Å². The molecule has 0 radical (unpaired) electrons. The minimum Gasteiger partial charge on any atom is -0.288 e. The molecule has 0 saturated carbocycles. The lowest BCUT2D eigenvalue weighted by Crippen LogP contribution is -2.30. The number of aryl methyl sites for hydroxylation is 1. The van der Waals surface area contributed by atoms with Gasteiger partial charge in [-0.1, -0.05) is 36.4 Å². The zero-order valence-electron chi connectivity index (χ0n) is 13.5. The Morgan fingerprint density at radius 1 is 1.20 bits per heavy atom. The summed E-state index contributed by atoms with van der Waals surface area (Å²) in [4.78, 5) is 30.2. The van der Waals surface area contributed by atoms with Gasteiger partial charge < -0.3 is 0 Å². The quantitative estimate of drug-likeness (QED) is 0.509. The van der Waals surface area contributed by atoms with Gasteiger partial charge in [-0.25, -0.2) is 4.98 Å². The molecular formula is C18H15N3O3S. The number of carbonyl (C=O) groups excluding carboxylic acids is 1. The van der Waals surface area contributed by atoms with Crippen molar-refractivity contribution < 1.29 is 9.72 Å². The molecule has 1 aromatic carbocycles. The lowest BCUT2D eigenvalue weighted by molar-refractivity contribution is -0.385. The summed E-state index contributed by atoms with van der Waals surface area (Å²) in [7, 11) is 0. The van der Waals surface area contributed by atoms with Crippen LogP contribution in [0.1, 0.15) is 20.1 Å². The molecular weight excluding hydrogens is 338 g/mol. The first-order valence-corrected chi connectivity index (χ1v) is 8.39. The van der Waals surface area contributed by atoms with Crippen LogP contribution in [0.3, 0.4) is 0 Å². The molecule has 0 aliphatic carbocycles. The maximum Gasteiger partial charge on any atom is 0.283 e. The second kappa shape index (κ2) is 7.23. The van der Waals surface area contributed by atoms with Crippen LogP contribution in [-0.2, 0) is 6.54 Å². The number of nitrogens with zero attached hydrogens (tertiary/aromatic N) is 3. The number of benzene rings is 1. The van der Waals surface area contributed by atoms with Crippen LogP contribution in [0.25, 0.3) is 0 Å². The molecule has 0 aliphatic rings. The predicted octanol–water partition coefficient (Wildman–Crippen LogP) is 4.21. The van der Waals surface area contributed by atoms with Gasteiger partial charge in [0.05, 0.1) is 21.2 Å². The van der Waals surface area contributed by atoms with Gasteiger partial charge in [0.1, 0.15) is 5.82 Å². The van der Waals surface area contributed by atoms with Crippen LogP contribution in [0.5, 0.6) is 0 Å². The molecule has 126 valence electrons. The van der Waals surface area contributed by atoms with Crippen molar-refractivity contribution in [2.45, 2.75) is 13.5 Å². The molecule has 0 atom stereocenters. The van der Waals surface area contributed by atoms with Crippen LogP contribution >= 0.6 is 11.3 Å². The largest absolute Gasteiger partial charge is 0.288 e. The van der Waals surface area contributed by atoms with Gasteiger partial charge >= 0.3 is 0 Å². The summed E-state index contributed by atoms with van der Waals surface area (Å²) in [6, 6.07) is 16.2. The first-order chi connectivity index (χ1) is 12.1.